The van der Waals surface area contributed by atoms with Crippen molar-refractivity contribution >= 4 is 25.3 Å². The van der Waals surface area contributed by atoms with Gasteiger partial charge in [-0.15, -0.1) is 25.3 Å². The van der Waals surface area contributed by atoms with Gasteiger partial charge in [0, 0.05) is 11.0 Å². The minimum absolute atomic E-state index is 0.0104. The molecule has 362 valence electrons. The van der Waals surface area contributed by atoms with Gasteiger partial charge in [-0.25, -0.2) is 9.97 Å². The van der Waals surface area contributed by atoms with E-state index < -0.39 is 5.41 Å². The first kappa shape index (κ1) is 50.0. The Morgan fingerprint density at radius 2 is 0.786 bits per heavy atom. The molecule has 70 heavy (non-hydrogen) atoms. The molecule has 0 radical (unpaired) electrons. The van der Waals surface area contributed by atoms with Gasteiger partial charge >= 0.3 is 0 Å². The molecule has 0 spiro atoms. The SMILES string of the molecule is CCCCCCCCC1(CCCCCCCC)c2cc(C)ccc2-c2ccc(-c3ccc4c(c3)C(c3ccc(CCCCCC)cc3)(c3ccc(-c5nc(S)nc(S)n5)cc3)c3cc(C)ccc3-4)cc21. The maximum atomic E-state index is 4.59. The van der Waals surface area contributed by atoms with Gasteiger partial charge in [0.05, 0.1) is 5.41 Å². The average Bonchev–Trinajstić information content (AvgIpc) is 3.80. The Balaban J connectivity index is 1.19. The third-order valence-corrected chi connectivity index (χ3v) is 16.4. The van der Waals surface area contributed by atoms with Crippen molar-refractivity contribution in [3.05, 3.63) is 171 Å². The molecule has 2 aliphatic carbocycles. The number of hydrogen-bond acceptors (Lipinski definition) is 5. The molecule has 0 N–H and O–H groups in total. The minimum Gasteiger partial charge on any atom is -0.203 e. The molecule has 0 fully saturated rings. The van der Waals surface area contributed by atoms with Gasteiger partial charge in [-0.05, 0) is 124 Å². The van der Waals surface area contributed by atoms with Crippen LogP contribution in [-0.2, 0) is 17.3 Å². The lowest BCUT2D eigenvalue weighted by molar-refractivity contribution is 0.398. The number of aromatic nitrogens is 3. The molecule has 0 amide bonds. The van der Waals surface area contributed by atoms with Crippen LogP contribution in [0.1, 0.15) is 186 Å². The van der Waals surface area contributed by atoms with Crippen LogP contribution in [0.4, 0.5) is 0 Å². The molecule has 0 bridgehead atoms. The molecule has 6 aromatic carbocycles. The van der Waals surface area contributed by atoms with E-state index in [0.29, 0.717) is 16.1 Å². The van der Waals surface area contributed by atoms with Crippen LogP contribution in [0.25, 0.3) is 44.8 Å². The summed E-state index contributed by atoms with van der Waals surface area (Å²) in [6.07, 6.45) is 24.3. The van der Waals surface area contributed by atoms with Crippen LogP contribution < -0.4 is 0 Å². The zero-order valence-corrected chi connectivity index (χ0v) is 44.5. The smallest absolute Gasteiger partial charge is 0.189 e. The highest BCUT2D eigenvalue weighted by Crippen LogP contribution is 2.59. The molecular formula is C65H75N3S2. The van der Waals surface area contributed by atoms with Gasteiger partial charge in [0.1, 0.15) is 0 Å². The Bertz CT molecular complexity index is 2860. The minimum atomic E-state index is -0.571. The molecule has 3 nitrogen and oxygen atoms in total. The van der Waals surface area contributed by atoms with Crippen LogP contribution in [0, 0.1) is 13.8 Å². The number of rotatable bonds is 23. The fourth-order valence-electron chi connectivity index (χ4n) is 12.3. The van der Waals surface area contributed by atoms with Gasteiger partial charge in [-0.1, -0.05) is 237 Å². The van der Waals surface area contributed by atoms with Gasteiger partial charge in [0.2, 0.25) is 0 Å². The molecule has 1 atom stereocenters. The largest absolute Gasteiger partial charge is 0.203 e. The summed E-state index contributed by atoms with van der Waals surface area (Å²) in [6.45, 7) is 11.5. The van der Waals surface area contributed by atoms with Crippen molar-refractivity contribution < 1.29 is 0 Å². The van der Waals surface area contributed by atoms with Crippen LogP contribution in [0.3, 0.4) is 0 Å². The number of nitrogens with zero attached hydrogens (tertiary/aromatic N) is 3. The average molecular weight is 962 g/mol. The Kier molecular flexibility index (Phi) is 16.2. The second-order valence-electron chi connectivity index (χ2n) is 20.8. The quantitative estimate of drug-likeness (QED) is 0.0496. The van der Waals surface area contributed by atoms with E-state index in [2.05, 4.69) is 196 Å². The summed E-state index contributed by atoms with van der Waals surface area (Å²) >= 11 is 8.95. The second kappa shape index (κ2) is 22.6. The molecule has 9 rings (SSSR count). The van der Waals surface area contributed by atoms with E-state index >= 15 is 0 Å². The number of fused-ring (bicyclic) bond motifs is 6. The fraction of sp³-hybridized carbons (Fsp3) is 0.400. The van der Waals surface area contributed by atoms with E-state index in [1.54, 1.807) is 11.1 Å². The molecule has 2 aliphatic rings. The van der Waals surface area contributed by atoms with Crippen molar-refractivity contribution in [3.8, 4) is 44.8 Å². The number of benzene rings is 6. The molecular weight excluding hydrogens is 887 g/mol. The molecule has 1 unspecified atom stereocenters. The van der Waals surface area contributed by atoms with Crippen molar-refractivity contribution in [1.82, 2.24) is 15.0 Å². The third kappa shape index (κ3) is 10.1. The Labute approximate surface area is 431 Å². The molecule has 1 aromatic heterocycles. The predicted molar refractivity (Wildman–Crippen MR) is 302 cm³/mol. The summed E-state index contributed by atoms with van der Waals surface area (Å²) in [5, 5.41) is 0.721. The zero-order valence-electron chi connectivity index (χ0n) is 42.7. The maximum Gasteiger partial charge on any atom is 0.189 e. The molecule has 7 aromatic rings. The Hall–Kier alpha value is -4.97. The summed E-state index contributed by atoms with van der Waals surface area (Å²) < 4.78 is 0. The fourth-order valence-corrected chi connectivity index (χ4v) is 12.8. The molecule has 5 heteroatoms. The zero-order chi connectivity index (χ0) is 48.7. The van der Waals surface area contributed by atoms with Gasteiger partial charge in [-0.2, -0.15) is 4.98 Å². The van der Waals surface area contributed by atoms with Crippen LogP contribution in [0.2, 0.25) is 0 Å². The Morgan fingerprint density at radius 3 is 1.33 bits per heavy atom. The first-order chi connectivity index (χ1) is 34.2. The van der Waals surface area contributed by atoms with Gasteiger partial charge in [-0.3, -0.25) is 0 Å². The van der Waals surface area contributed by atoms with Crippen molar-refractivity contribution in [2.45, 2.75) is 178 Å². The summed E-state index contributed by atoms with van der Waals surface area (Å²) in [5.41, 5.74) is 20.7. The number of thiol groups is 2. The molecule has 0 saturated heterocycles. The standard InChI is InChI=1S/C65H75N3S2/c1-6-9-12-15-17-20-39-64(40-21-18-16-13-10-7-2)57-41-45(4)23-35-53(57)54-37-29-49(43-58(54)64)50-30-38-56-55-36-24-46(5)42-59(55)65(60(56)44-50,51-31-25-47(26-32-51)22-19-14-11-8-3)52-33-27-48(28-34-52)61-66-62(69)68-63(70)67-61/h23-38,41-44H,6-22,39-40H2,1-5H3,(H2,66,67,68,69,70). The van der Waals surface area contributed by atoms with Crippen molar-refractivity contribution in [3.63, 3.8) is 0 Å². The van der Waals surface area contributed by atoms with E-state index in [-0.39, 0.29) is 5.41 Å². The number of hydrogen-bond donors (Lipinski definition) is 2. The highest BCUT2D eigenvalue weighted by molar-refractivity contribution is 7.80. The van der Waals surface area contributed by atoms with Crippen molar-refractivity contribution in [1.29, 1.82) is 0 Å². The first-order valence-electron chi connectivity index (χ1n) is 27.1. The Morgan fingerprint density at radius 1 is 0.386 bits per heavy atom. The highest BCUT2D eigenvalue weighted by atomic mass is 32.1. The van der Waals surface area contributed by atoms with Crippen LogP contribution in [0.5, 0.6) is 0 Å². The van der Waals surface area contributed by atoms with E-state index in [4.69, 9.17) is 0 Å². The number of aryl methyl sites for hydroxylation is 3. The van der Waals surface area contributed by atoms with Crippen LogP contribution in [0.15, 0.2) is 132 Å². The van der Waals surface area contributed by atoms with Crippen molar-refractivity contribution in [2.75, 3.05) is 0 Å². The summed E-state index contributed by atoms with van der Waals surface area (Å²) in [7, 11) is 0. The normalized spacial score (nSPS) is 15.2. The highest BCUT2D eigenvalue weighted by Gasteiger charge is 2.47. The van der Waals surface area contributed by atoms with E-state index in [1.165, 1.54) is 188 Å². The second-order valence-corrected chi connectivity index (χ2v) is 21.6. The summed E-state index contributed by atoms with van der Waals surface area (Å²) in [6, 6.07) is 47.9. The lowest BCUT2D eigenvalue weighted by Gasteiger charge is -2.35. The van der Waals surface area contributed by atoms with Gasteiger partial charge in [0.15, 0.2) is 16.1 Å². The lowest BCUT2D eigenvalue weighted by atomic mass is 9.67. The molecule has 0 saturated carbocycles. The van der Waals surface area contributed by atoms with Gasteiger partial charge < -0.3 is 0 Å². The van der Waals surface area contributed by atoms with E-state index in [9.17, 15) is 0 Å². The van der Waals surface area contributed by atoms with E-state index in [1.807, 2.05) is 0 Å². The first-order valence-corrected chi connectivity index (χ1v) is 28.0. The topological polar surface area (TPSA) is 38.7 Å². The molecule has 1 heterocycles. The van der Waals surface area contributed by atoms with E-state index in [0.717, 1.165) is 12.0 Å². The van der Waals surface area contributed by atoms with Crippen LogP contribution in [-0.4, -0.2) is 15.0 Å². The third-order valence-electron chi connectivity index (χ3n) is 16.0. The van der Waals surface area contributed by atoms with Crippen LogP contribution >= 0.6 is 25.3 Å². The van der Waals surface area contributed by atoms with Crippen molar-refractivity contribution in [2.24, 2.45) is 0 Å². The number of unbranched alkanes of at least 4 members (excludes halogenated alkanes) is 13. The maximum absolute atomic E-state index is 4.59. The lowest BCUT2D eigenvalue weighted by Crippen LogP contribution is -2.28. The monoisotopic (exact) mass is 962 g/mol. The summed E-state index contributed by atoms with van der Waals surface area (Å²) in [5.74, 6) is 0.571. The molecule has 0 aliphatic heterocycles. The summed E-state index contributed by atoms with van der Waals surface area (Å²) in [4.78, 5) is 13.4. The van der Waals surface area contributed by atoms with Gasteiger partial charge in [0.25, 0.3) is 0 Å². The predicted octanol–water partition coefficient (Wildman–Crippen LogP) is 18.7.